The van der Waals surface area contributed by atoms with Gasteiger partial charge in [-0.05, 0) is 29.8 Å². The molecule has 1 aromatic heterocycles. The molecule has 1 aromatic rings. The van der Waals surface area contributed by atoms with Gasteiger partial charge in [0.05, 0.1) is 0 Å². The molecule has 0 amide bonds. The van der Waals surface area contributed by atoms with Crippen LogP contribution in [0.25, 0.3) is 0 Å². The van der Waals surface area contributed by atoms with Gasteiger partial charge in [0.25, 0.3) is 0 Å². The Kier molecular flexibility index (Phi) is 2.24. The maximum absolute atomic E-state index is 10.3. The number of hydrogen-bond acceptors (Lipinski definition) is 3. The van der Waals surface area contributed by atoms with Gasteiger partial charge >= 0.3 is 0 Å². The molecule has 0 saturated carbocycles. The summed E-state index contributed by atoms with van der Waals surface area (Å²) in [5.74, 6) is 0. The summed E-state index contributed by atoms with van der Waals surface area (Å²) < 4.78 is 4.03. The fraction of sp³-hybridized carbons (Fsp3) is 0.545. The number of nitrogens with zero attached hydrogens (tertiary/aromatic N) is 1. The Morgan fingerprint density at radius 1 is 1.36 bits per heavy atom. The molecule has 1 aliphatic rings. The maximum Gasteiger partial charge on any atom is 0.110 e. The van der Waals surface area contributed by atoms with Gasteiger partial charge in [0.2, 0.25) is 0 Å². The normalized spacial score (nSPS) is 30.5. The van der Waals surface area contributed by atoms with Crippen LogP contribution in [0.1, 0.15) is 32.3 Å². The minimum Gasteiger partial charge on any atom is -0.381 e. The van der Waals surface area contributed by atoms with Gasteiger partial charge in [-0.15, -0.1) is 0 Å². The zero-order valence-corrected chi connectivity index (χ0v) is 9.34. The highest BCUT2D eigenvalue weighted by atomic mass is 32.1. The fourth-order valence-electron chi connectivity index (χ4n) is 1.70. The van der Waals surface area contributed by atoms with Crippen molar-refractivity contribution < 1.29 is 5.11 Å². The van der Waals surface area contributed by atoms with Crippen molar-refractivity contribution in [3.8, 4) is 0 Å². The van der Waals surface area contributed by atoms with Crippen molar-refractivity contribution in [1.29, 1.82) is 0 Å². The molecule has 0 radical (unpaired) electrons. The van der Waals surface area contributed by atoms with Crippen molar-refractivity contribution in [2.75, 3.05) is 0 Å². The van der Waals surface area contributed by atoms with Gasteiger partial charge in [0.1, 0.15) is 5.60 Å². The van der Waals surface area contributed by atoms with E-state index in [1.807, 2.05) is 11.5 Å². The Hall–Kier alpha value is -0.670. The van der Waals surface area contributed by atoms with Crippen LogP contribution in [0.4, 0.5) is 0 Å². The molecule has 0 aliphatic heterocycles. The van der Waals surface area contributed by atoms with E-state index in [9.17, 15) is 5.11 Å². The summed E-state index contributed by atoms with van der Waals surface area (Å²) in [6.07, 6.45) is 7.58. The van der Waals surface area contributed by atoms with Gasteiger partial charge < -0.3 is 5.11 Å². The second kappa shape index (κ2) is 3.17. The average molecular weight is 209 g/mol. The van der Waals surface area contributed by atoms with E-state index in [2.05, 4.69) is 24.3 Å². The minimum atomic E-state index is -0.775. The molecular formula is C11H15NOS. The highest BCUT2D eigenvalue weighted by Crippen LogP contribution is 2.39. The lowest BCUT2D eigenvalue weighted by Crippen LogP contribution is -2.29. The second-order valence-corrected chi connectivity index (χ2v) is 5.32. The van der Waals surface area contributed by atoms with Crippen molar-refractivity contribution in [2.45, 2.75) is 32.3 Å². The largest absolute Gasteiger partial charge is 0.381 e. The summed E-state index contributed by atoms with van der Waals surface area (Å²) in [6, 6.07) is 0. The predicted molar refractivity (Wildman–Crippen MR) is 58.2 cm³/mol. The number of rotatable bonds is 1. The first-order chi connectivity index (χ1) is 6.52. The van der Waals surface area contributed by atoms with Gasteiger partial charge in [0.15, 0.2) is 0 Å². The standard InChI is InChI=1S/C11H15NOS/c1-10(2)3-5-11(13,6-4-10)9-7-12-14-8-9/h3,5,7-8,13H,4,6H2,1-2H3. The fourth-order valence-corrected chi connectivity index (χ4v) is 2.32. The molecule has 0 spiro atoms. The lowest BCUT2D eigenvalue weighted by Gasteiger charge is -2.34. The van der Waals surface area contributed by atoms with E-state index in [-0.39, 0.29) is 5.41 Å². The van der Waals surface area contributed by atoms with Crippen molar-refractivity contribution >= 4 is 11.5 Å². The Balaban J connectivity index is 2.29. The predicted octanol–water partition coefficient (Wildman–Crippen LogP) is 2.71. The Labute approximate surface area is 88.5 Å². The van der Waals surface area contributed by atoms with Crippen molar-refractivity contribution in [3.05, 3.63) is 29.3 Å². The van der Waals surface area contributed by atoms with Crippen molar-refractivity contribution in [3.63, 3.8) is 0 Å². The van der Waals surface area contributed by atoms with E-state index < -0.39 is 5.60 Å². The van der Waals surface area contributed by atoms with Crippen LogP contribution in [-0.2, 0) is 5.60 Å². The first kappa shape index (κ1) is 9.87. The second-order valence-electron chi connectivity index (χ2n) is 4.66. The van der Waals surface area contributed by atoms with Crippen LogP contribution in [0.3, 0.4) is 0 Å². The van der Waals surface area contributed by atoms with E-state index in [1.54, 1.807) is 6.20 Å². The van der Waals surface area contributed by atoms with Gasteiger partial charge in [-0.2, -0.15) is 0 Å². The van der Waals surface area contributed by atoms with Crippen molar-refractivity contribution in [2.24, 2.45) is 5.41 Å². The van der Waals surface area contributed by atoms with Gasteiger partial charge in [0, 0.05) is 17.1 Å². The molecule has 1 atom stereocenters. The van der Waals surface area contributed by atoms with Crippen LogP contribution in [0.15, 0.2) is 23.7 Å². The highest BCUT2D eigenvalue weighted by Gasteiger charge is 2.33. The number of aliphatic hydroxyl groups is 1. The average Bonchev–Trinajstić information content (AvgIpc) is 2.64. The Morgan fingerprint density at radius 2 is 2.14 bits per heavy atom. The molecule has 3 heteroatoms. The minimum absolute atomic E-state index is 0.218. The maximum atomic E-state index is 10.3. The van der Waals surface area contributed by atoms with Gasteiger partial charge in [-0.25, -0.2) is 4.37 Å². The summed E-state index contributed by atoms with van der Waals surface area (Å²) in [7, 11) is 0. The van der Waals surface area contributed by atoms with Crippen LogP contribution < -0.4 is 0 Å². The van der Waals surface area contributed by atoms with E-state index >= 15 is 0 Å². The zero-order valence-electron chi connectivity index (χ0n) is 8.53. The van der Waals surface area contributed by atoms with Crippen LogP contribution in [0.2, 0.25) is 0 Å². The topological polar surface area (TPSA) is 33.1 Å². The summed E-state index contributed by atoms with van der Waals surface area (Å²) in [5, 5.41) is 12.3. The monoisotopic (exact) mass is 209 g/mol. The highest BCUT2D eigenvalue weighted by molar-refractivity contribution is 7.03. The van der Waals surface area contributed by atoms with Crippen LogP contribution in [-0.4, -0.2) is 9.48 Å². The number of allylic oxidation sites excluding steroid dienone is 1. The quantitative estimate of drug-likeness (QED) is 0.721. The molecule has 0 aromatic carbocycles. The molecule has 0 bridgehead atoms. The van der Waals surface area contributed by atoms with Gasteiger partial charge in [-0.1, -0.05) is 26.0 Å². The smallest absolute Gasteiger partial charge is 0.110 e. The van der Waals surface area contributed by atoms with Crippen LogP contribution in [0, 0.1) is 5.41 Å². The van der Waals surface area contributed by atoms with Crippen LogP contribution in [0.5, 0.6) is 0 Å². The third kappa shape index (κ3) is 1.74. The lowest BCUT2D eigenvalue weighted by molar-refractivity contribution is 0.0583. The molecule has 0 fully saturated rings. The molecular weight excluding hydrogens is 194 g/mol. The third-order valence-electron chi connectivity index (χ3n) is 2.89. The summed E-state index contributed by atoms with van der Waals surface area (Å²) >= 11 is 1.39. The van der Waals surface area contributed by atoms with Crippen molar-refractivity contribution in [1.82, 2.24) is 4.37 Å². The molecule has 2 nitrogen and oxygen atoms in total. The van der Waals surface area contributed by atoms with E-state index in [4.69, 9.17) is 0 Å². The molecule has 2 rings (SSSR count). The first-order valence-electron chi connectivity index (χ1n) is 4.85. The molecule has 1 heterocycles. The van der Waals surface area contributed by atoms with E-state index in [0.717, 1.165) is 18.4 Å². The molecule has 76 valence electrons. The number of hydrogen-bond donors (Lipinski definition) is 1. The molecule has 1 unspecified atom stereocenters. The lowest BCUT2D eigenvalue weighted by atomic mass is 9.75. The van der Waals surface area contributed by atoms with E-state index in [1.165, 1.54) is 11.5 Å². The third-order valence-corrected chi connectivity index (χ3v) is 3.48. The zero-order chi connectivity index (χ0) is 10.2. The van der Waals surface area contributed by atoms with Crippen LogP contribution >= 0.6 is 11.5 Å². The summed E-state index contributed by atoms with van der Waals surface area (Å²) in [5.41, 5.74) is 0.368. The summed E-state index contributed by atoms with van der Waals surface area (Å²) in [6.45, 7) is 4.38. The summed E-state index contributed by atoms with van der Waals surface area (Å²) in [4.78, 5) is 0. The SMILES string of the molecule is CC1(C)C=CC(O)(c2cnsc2)CC1. The Morgan fingerprint density at radius 3 is 2.64 bits per heavy atom. The Bertz CT molecular complexity index is 342. The first-order valence-corrected chi connectivity index (χ1v) is 5.68. The molecule has 14 heavy (non-hydrogen) atoms. The molecule has 1 aliphatic carbocycles. The van der Waals surface area contributed by atoms with Gasteiger partial charge in [-0.3, -0.25) is 0 Å². The number of aromatic nitrogens is 1. The molecule has 1 N–H and O–H groups in total. The van der Waals surface area contributed by atoms with E-state index in [0.29, 0.717) is 0 Å². The molecule has 0 saturated heterocycles.